The molecule has 5 heteroatoms. The van der Waals surface area contributed by atoms with Crippen molar-refractivity contribution >= 4 is 40.0 Å². The van der Waals surface area contributed by atoms with Crippen molar-refractivity contribution in [3.63, 3.8) is 0 Å². The van der Waals surface area contributed by atoms with E-state index < -0.39 is 0 Å². The molecule has 0 aliphatic heterocycles. The van der Waals surface area contributed by atoms with Gasteiger partial charge in [-0.3, -0.25) is 0 Å². The fourth-order valence-corrected chi connectivity index (χ4v) is 3.32. The Morgan fingerprint density at radius 3 is 2.44 bits per heavy atom. The zero-order valence-electron chi connectivity index (χ0n) is 9.26. The van der Waals surface area contributed by atoms with E-state index in [0.29, 0.717) is 0 Å². The minimum absolute atomic E-state index is 0.764. The number of nitrogen functional groups attached to an aromatic ring is 1. The number of aromatic nitrogens is 1. The smallest absolute Gasteiger partial charge is 0.124 e. The largest absolute Gasteiger partial charge is 0.399 e. The van der Waals surface area contributed by atoms with Gasteiger partial charge in [0.2, 0.25) is 0 Å². The number of rotatable bonds is 2. The van der Waals surface area contributed by atoms with E-state index in [-0.39, 0.29) is 0 Å². The van der Waals surface area contributed by atoms with Gasteiger partial charge < -0.3 is 5.73 Å². The van der Waals surface area contributed by atoms with Crippen LogP contribution in [0.1, 0.15) is 0 Å². The first-order valence-corrected chi connectivity index (χ1v) is 7.42. The van der Waals surface area contributed by atoms with Crippen molar-refractivity contribution in [2.45, 2.75) is 0 Å². The van der Waals surface area contributed by atoms with Crippen molar-refractivity contribution in [3.8, 4) is 21.8 Å². The number of hydrogen-bond acceptors (Lipinski definition) is 4. The summed E-state index contributed by atoms with van der Waals surface area (Å²) in [7, 11) is 0. The Kier molecular flexibility index (Phi) is 3.07. The molecule has 0 saturated heterocycles. The summed E-state index contributed by atoms with van der Waals surface area (Å²) in [6.07, 6.45) is 0. The topological polar surface area (TPSA) is 38.9 Å². The number of nitrogens with zero attached hydrogens (tertiary/aromatic N) is 1. The van der Waals surface area contributed by atoms with Crippen LogP contribution in [-0.4, -0.2) is 4.98 Å². The number of nitrogens with two attached hydrogens (primary N) is 1. The number of benzene rings is 1. The first-order valence-electron chi connectivity index (χ1n) is 5.28. The van der Waals surface area contributed by atoms with Gasteiger partial charge in [-0.2, -0.15) is 0 Å². The SMILES string of the molecule is Nc1ccc(-c2nc(-c3csc(Cl)c3)cs2)cc1. The molecule has 2 heterocycles. The van der Waals surface area contributed by atoms with Crippen LogP contribution in [0.4, 0.5) is 5.69 Å². The van der Waals surface area contributed by atoms with Gasteiger partial charge in [-0.15, -0.1) is 22.7 Å². The molecule has 3 rings (SSSR count). The molecule has 90 valence electrons. The average molecular weight is 293 g/mol. The second-order valence-electron chi connectivity index (χ2n) is 3.80. The highest BCUT2D eigenvalue weighted by Crippen LogP contribution is 2.32. The van der Waals surface area contributed by atoms with Crippen molar-refractivity contribution in [1.82, 2.24) is 4.98 Å². The fourth-order valence-electron chi connectivity index (χ4n) is 1.61. The molecule has 0 spiro atoms. The van der Waals surface area contributed by atoms with Crippen molar-refractivity contribution < 1.29 is 0 Å². The molecular formula is C13H9ClN2S2. The van der Waals surface area contributed by atoms with Crippen molar-refractivity contribution in [2.24, 2.45) is 0 Å². The van der Waals surface area contributed by atoms with Gasteiger partial charge in [-0.05, 0) is 30.3 Å². The molecule has 1 aromatic carbocycles. The van der Waals surface area contributed by atoms with E-state index in [1.54, 1.807) is 11.3 Å². The lowest BCUT2D eigenvalue weighted by Crippen LogP contribution is -1.83. The van der Waals surface area contributed by atoms with Crippen LogP contribution in [0.25, 0.3) is 21.8 Å². The third-order valence-corrected chi connectivity index (χ3v) is 4.51. The summed E-state index contributed by atoms with van der Waals surface area (Å²) < 4.78 is 0.784. The van der Waals surface area contributed by atoms with Crippen LogP contribution in [0.2, 0.25) is 4.34 Å². The Hall–Kier alpha value is -1.36. The van der Waals surface area contributed by atoms with Crippen LogP contribution in [-0.2, 0) is 0 Å². The number of thiophene rings is 1. The van der Waals surface area contributed by atoms with Gasteiger partial charge in [-0.25, -0.2) is 4.98 Å². The Balaban J connectivity index is 1.96. The van der Waals surface area contributed by atoms with Gasteiger partial charge in [0, 0.05) is 27.6 Å². The van der Waals surface area contributed by atoms with Gasteiger partial charge in [0.15, 0.2) is 0 Å². The summed E-state index contributed by atoms with van der Waals surface area (Å²) in [6.45, 7) is 0. The molecule has 2 nitrogen and oxygen atoms in total. The zero-order valence-corrected chi connectivity index (χ0v) is 11.6. The molecule has 0 radical (unpaired) electrons. The van der Waals surface area contributed by atoms with E-state index in [4.69, 9.17) is 17.3 Å². The highest BCUT2D eigenvalue weighted by Gasteiger charge is 2.08. The van der Waals surface area contributed by atoms with Crippen LogP contribution in [0, 0.1) is 0 Å². The van der Waals surface area contributed by atoms with Gasteiger partial charge in [0.1, 0.15) is 5.01 Å². The van der Waals surface area contributed by atoms with Crippen LogP contribution in [0.15, 0.2) is 41.1 Å². The minimum Gasteiger partial charge on any atom is -0.399 e. The van der Waals surface area contributed by atoms with E-state index in [1.165, 1.54) is 11.3 Å². The molecular weight excluding hydrogens is 284 g/mol. The number of halogens is 1. The molecule has 0 amide bonds. The summed E-state index contributed by atoms with van der Waals surface area (Å²) in [6, 6.07) is 9.68. The lowest BCUT2D eigenvalue weighted by molar-refractivity contribution is 1.41. The summed E-state index contributed by atoms with van der Waals surface area (Å²) in [5.41, 5.74) is 9.56. The molecule has 2 N–H and O–H groups in total. The lowest BCUT2D eigenvalue weighted by atomic mass is 10.2. The predicted molar refractivity (Wildman–Crippen MR) is 80.3 cm³/mol. The first kappa shape index (κ1) is 11.7. The quantitative estimate of drug-likeness (QED) is 0.691. The molecule has 18 heavy (non-hydrogen) atoms. The van der Waals surface area contributed by atoms with Gasteiger partial charge in [-0.1, -0.05) is 11.6 Å². The molecule has 3 aromatic rings. The van der Waals surface area contributed by atoms with E-state index >= 15 is 0 Å². The maximum atomic E-state index is 5.93. The molecule has 0 aliphatic carbocycles. The second-order valence-corrected chi connectivity index (χ2v) is 6.20. The average Bonchev–Trinajstić information content (AvgIpc) is 2.98. The second kappa shape index (κ2) is 4.72. The van der Waals surface area contributed by atoms with Gasteiger partial charge >= 0.3 is 0 Å². The summed E-state index contributed by atoms with van der Waals surface area (Å²) in [4.78, 5) is 4.62. The Morgan fingerprint density at radius 1 is 1.00 bits per heavy atom. The Bertz CT molecular complexity index is 670. The molecule has 0 aliphatic rings. The van der Waals surface area contributed by atoms with E-state index in [1.807, 2.05) is 41.1 Å². The molecule has 0 atom stereocenters. The van der Waals surface area contributed by atoms with E-state index in [0.717, 1.165) is 31.9 Å². The van der Waals surface area contributed by atoms with Crippen LogP contribution >= 0.6 is 34.3 Å². The zero-order chi connectivity index (χ0) is 12.5. The monoisotopic (exact) mass is 292 g/mol. The Morgan fingerprint density at radius 2 is 1.78 bits per heavy atom. The maximum absolute atomic E-state index is 5.93. The van der Waals surface area contributed by atoms with E-state index in [9.17, 15) is 0 Å². The highest BCUT2D eigenvalue weighted by molar-refractivity contribution is 7.15. The molecule has 2 aromatic heterocycles. The minimum atomic E-state index is 0.764. The molecule has 0 saturated carbocycles. The third kappa shape index (κ3) is 2.27. The van der Waals surface area contributed by atoms with Crippen LogP contribution < -0.4 is 5.73 Å². The summed E-state index contributed by atoms with van der Waals surface area (Å²) in [5.74, 6) is 0. The fraction of sp³-hybridized carbons (Fsp3) is 0. The lowest BCUT2D eigenvalue weighted by Gasteiger charge is -1.96. The Labute approximate surface area is 118 Å². The normalized spacial score (nSPS) is 10.7. The molecule has 0 unspecified atom stereocenters. The third-order valence-electron chi connectivity index (χ3n) is 2.53. The standard InChI is InChI=1S/C13H9ClN2S2/c14-12-5-9(6-17-12)11-7-18-13(16-11)8-1-3-10(15)4-2-8/h1-7H,15H2. The number of hydrogen-bond donors (Lipinski definition) is 1. The van der Waals surface area contributed by atoms with Gasteiger partial charge in [0.25, 0.3) is 0 Å². The maximum Gasteiger partial charge on any atom is 0.124 e. The van der Waals surface area contributed by atoms with Crippen LogP contribution in [0.3, 0.4) is 0 Å². The first-order chi connectivity index (χ1) is 8.72. The van der Waals surface area contributed by atoms with Crippen LogP contribution in [0.5, 0.6) is 0 Å². The summed E-state index contributed by atoms with van der Waals surface area (Å²) >= 11 is 9.07. The predicted octanol–water partition coefficient (Wildman–Crippen LogP) is 4.77. The van der Waals surface area contributed by atoms with E-state index in [2.05, 4.69) is 4.98 Å². The highest BCUT2D eigenvalue weighted by atomic mass is 35.5. The molecule has 0 fully saturated rings. The number of thiazole rings is 1. The van der Waals surface area contributed by atoms with Crippen molar-refractivity contribution in [1.29, 1.82) is 0 Å². The molecule has 0 bridgehead atoms. The van der Waals surface area contributed by atoms with Crippen molar-refractivity contribution in [3.05, 3.63) is 45.4 Å². The summed E-state index contributed by atoms with van der Waals surface area (Å²) in [5, 5.41) is 5.06. The van der Waals surface area contributed by atoms with Gasteiger partial charge in [0.05, 0.1) is 10.0 Å². The van der Waals surface area contributed by atoms with Crippen molar-refractivity contribution in [2.75, 3.05) is 5.73 Å². The number of anilines is 1.